The molecule has 30 heavy (non-hydrogen) atoms. The van der Waals surface area contributed by atoms with E-state index in [9.17, 15) is 25.2 Å². The van der Waals surface area contributed by atoms with Gasteiger partial charge in [-0.05, 0) is 61.8 Å². The molecule has 0 aromatic heterocycles. The first-order valence-electron chi connectivity index (χ1n) is 11.0. The number of rotatable bonds is 12. The van der Waals surface area contributed by atoms with Gasteiger partial charge in [-0.1, -0.05) is 38.8 Å². The fourth-order valence-corrected chi connectivity index (χ4v) is 3.82. The molecule has 0 aliphatic heterocycles. The summed E-state index contributed by atoms with van der Waals surface area (Å²) in [6.07, 6.45) is 6.25. The molecule has 164 valence electrons. The lowest BCUT2D eigenvalue weighted by molar-refractivity contribution is -0.119. The predicted octanol–water partition coefficient (Wildman–Crippen LogP) is 5.33. The van der Waals surface area contributed by atoms with Crippen LogP contribution in [0.4, 0.5) is 0 Å². The van der Waals surface area contributed by atoms with E-state index in [1.807, 2.05) is 13.8 Å². The van der Waals surface area contributed by atoms with Crippen molar-refractivity contribution in [2.45, 2.75) is 78.1 Å². The number of aryl methyl sites for hydroxylation is 2. The maximum atomic E-state index is 12.2. The van der Waals surface area contributed by atoms with Crippen molar-refractivity contribution >= 4 is 5.78 Å². The molecular weight excluding hydrogens is 380 g/mol. The molecule has 2 rings (SSSR count). The molecule has 0 saturated carbocycles. The lowest BCUT2D eigenvalue weighted by atomic mass is 9.97. The summed E-state index contributed by atoms with van der Waals surface area (Å²) in [6, 6.07) is 6.66. The summed E-state index contributed by atoms with van der Waals surface area (Å²) >= 11 is 0. The standard InChI is InChI=1S/C25H34O5/c1-3-7-20-22(27)15-13-17(24(20)29)9-5-11-19(26)12-6-10-18-14-16-23(28)21(8-4-2)25(18)30/h13-16,27-30H,3-12H2,1-2H3. The molecule has 2 aromatic carbocycles. The quantitative estimate of drug-likeness (QED) is 0.376. The van der Waals surface area contributed by atoms with Crippen LogP contribution in [0.2, 0.25) is 0 Å². The molecular formula is C25H34O5. The van der Waals surface area contributed by atoms with Crippen molar-refractivity contribution in [3.63, 3.8) is 0 Å². The molecule has 0 spiro atoms. The lowest BCUT2D eigenvalue weighted by Crippen LogP contribution is -2.01. The molecule has 5 heteroatoms. The summed E-state index contributed by atoms with van der Waals surface area (Å²) in [6.45, 7) is 3.99. The number of phenols is 4. The fraction of sp³-hybridized carbons (Fsp3) is 0.480. The van der Waals surface area contributed by atoms with E-state index in [1.54, 1.807) is 24.3 Å². The Labute approximate surface area is 179 Å². The first-order valence-corrected chi connectivity index (χ1v) is 11.0. The molecule has 5 nitrogen and oxygen atoms in total. The zero-order valence-corrected chi connectivity index (χ0v) is 18.1. The third kappa shape index (κ3) is 6.15. The minimum absolute atomic E-state index is 0.119. The fourth-order valence-electron chi connectivity index (χ4n) is 3.82. The van der Waals surface area contributed by atoms with Gasteiger partial charge in [-0.2, -0.15) is 0 Å². The second kappa shape index (κ2) is 11.5. The number of Topliss-reactive ketones (excluding diaryl/α,β-unsaturated/α-hetero) is 1. The van der Waals surface area contributed by atoms with E-state index >= 15 is 0 Å². The van der Waals surface area contributed by atoms with Gasteiger partial charge >= 0.3 is 0 Å². The molecule has 0 atom stereocenters. The van der Waals surface area contributed by atoms with Gasteiger partial charge in [0.1, 0.15) is 28.8 Å². The summed E-state index contributed by atoms with van der Waals surface area (Å²) in [5, 5.41) is 40.5. The topological polar surface area (TPSA) is 98.0 Å². The Morgan fingerprint density at radius 1 is 0.667 bits per heavy atom. The van der Waals surface area contributed by atoms with Gasteiger partial charge in [0.15, 0.2) is 0 Å². The summed E-state index contributed by atoms with van der Waals surface area (Å²) in [4.78, 5) is 12.2. The Bertz CT molecular complexity index is 788. The molecule has 0 saturated heterocycles. The summed E-state index contributed by atoms with van der Waals surface area (Å²) in [5.41, 5.74) is 2.69. The minimum Gasteiger partial charge on any atom is -0.508 e. The van der Waals surface area contributed by atoms with Crippen molar-refractivity contribution in [3.8, 4) is 23.0 Å². The molecule has 2 aromatic rings. The number of benzene rings is 2. The number of ketones is 1. The Morgan fingerprint density at radius 3 is 1.43 bits per heavy atom. The summed E-state index contributed by atoms with van der Waals surface area (Å²) in [5.74, 6) is 0.696. The van der Waals surface area contributed by atoms with Crippen LogP contribution in [0.5, 0.6) is 23.0 Å². The van der Waals surface area contributed by atoms with Gasteiger partial charge in [0.05, 0.1) is 0 Å². The SMILES string of the molecule is CCCc1c(O)ccc(CCCC(=O)CCCc2ccc(O)c(CCC)c2O)c1O. The van der Waals surface area contributed by atoms with Crippen molar-refractivity contribution in [3.05, 3.63) is 46.5 Å². The van der Waals surface area contributed by atoms with E-state index in [2.05, 4.69) is 0 Å². The molecule has 4 N–H and O–H groups in total. The maximum Gasteiger partial charge on any atom is 0.132 e. The molecule has 0 radical (unpaired) electrons. The van der Waals surface area contributed by atoms with E-state index in [1.165, 1.54) is 0 Å². The largest absolute Gasteiger partial charge is 0.508 e. The van der Waals surface area contributed by atoms with Crippen LogP contribution in [-0.4, -0.2) is 26.2 Å². The van der Waals surface area contributed by atoms with Gasteiger partial charge in [-0.3, -0.25) is 4.79 Å². The van der Waals surface area contributed by atoms with Gasteiger partial charge in [0.25, 0.3) is 0 Å². The molecule has 0 aliphatic rings. The van der Waals surface area contributed by atoms with Crippen molar-refractivity contribution in [2.75, 3.05) is 0 Å². The van der Waals surface area contributed by atoms with E-state index in [4.69, 9.17) is 0 Å². The van der Waals surface area contributed by atoms with Gasteiger partial charge in [-0.15, -0.1) is 0 Å². The first-order chi connectivity index (χ1) is 14.4. The highest BCUT2D eigenvalue weighted by molar-refractivity contribution is 5.78. The smallest absolute Gasteiger partial charge is 0.132 e. The van der Waals surface area contributed by atoms with Crippen LogP contribution in [0.15, 0.2) is 24.3 Å². The molecule has 0 heterocycles. The van der Waals surface area contributed by atoms with Crippen LogP contribution in [0.1, 0.15) is 74.6 Å². The van der Waals surface area contributed by atoms with E-state index in [0.29, 0.717) is 62.5 Å². The Hall–Kier alpha value is -2.69. The second-order valence-corrected chi connectivity index (χ2v) is 7.89. The van der Waals surface area contributed by atoms with E-state index in [0.717, 1.165) is 24.0 Å². The Morgan fingerprint density at radius 2 is 1.07 bits per heavy atom. The summed E-state index contributed by atoms with van der Waals surface area (Å²) < 4.78 is 0. The zero-order valence-electron chi connectivity index (χ0n) is 18.1. The van der Waals surface area contributed by atoms with Crippen LogP contribution in [0.25, 0.3) is 0 Å². The average molecular weight is 415 g/mol. The molecule has 0 fully saturated rings. The number of hydrogen-bond acceptors (Lipinski definition) is 5. The van der Waals surface area contributed by atoms with Crippen molar-refractivity contribution < 1.29 is 25.2 Å². The highest BCUT2D eigenvalue weighted by Gasteiger charge is 2.14. The highest BCUT2D eigenvalue weighted by atomic mass is 16.3. The first kappa shape index (κ1) is 23.6. The van der Waals surface area contributed by atoms with Gasteiger partial charge in [0.2, 0.25) is 0 Å². The van der Waals surface area contributed by atoms with Crippen molar-refractivity contribution in [2.24, 2.45) is 0 Å². The lowest BCUT2D eigenvalue weighted by Gasteiger charge is -2.12. The predicted molar refractivity (Wildman–Crippen MR) is 118 cm³/mol. The highest BCUT2D eigenvalue weighted by Crippen LogP contribution is 2.33. The number of aromatic hydroxyl groups is 4. The third-order valence-corrected chi connectivity index (χ3v) is 5.49. The minimum atomic E-state index is 0.119. The van der Waals surface area contributed by atoms with Crippen LogP contribution in [0, 0.1) is 0 Å². The molecule has 0 unspecified atom stereocenters. The third-order valence-electron chi connectivity index (χ3n) is 5.49. The maximum absolute atomic E-state index is 12.2. The molecule has 0 bridgehead atoms. The molecule has 0 amide bonds. The summed E-state index contributed by atoms with van der Waals surface area (Å²) in [7, 11) is 0. The van der Waals surface area contributed by atoms with Crippen LogP contribution in [0.3, 0.4) is 0 Å². The Kier molecular flexibility index (Phi) is 9.03. The number of carbonyl (C=O) groups excluding carboxylic acids is 1. The monoisotopic (exact) mass is 414 g/mol. The van der Waals surface area contributed by atoms with Gasteiger partial charge < -0.3 is 20.4 Å². The van der Waals surface area contributed by atoms with E-state index in [-0.39, 0.29) is 28.8 Å². The number of phenolic OH excluding ortho intramolecular Hbond substituents is 4. The zero-order chi connectivity index (χ0) is 22.1. The normalized spacial score (nSPS) is 11.0. The molecule has 0 aliphatic carbocycles. The van der Waals surface area contributed by atoms with Crippen LogP contribution in [-0.2, 0) is 30.5 Å². The van der Waals surface area contributed by atoms with Crippen molar-refractivity contribution in [1.29, 1.82) is 0 Å². The van der Waals surface area contributed by atoms with Crippen LogP contribution >= 0.6 is 0 Å². The van der Waals surface area contributed by atoms with Gasteiger partial charge in [0, 0.05) is 24.0 Å². The number of carbonyl (C=O) groups is 1. The van der Waals surface area contributed by atoms with Crippen molar-refractivity contribution in [1.82, 2.24) is 0 Å². The average Bonchev–Trinajstić information content (AvgIpc) is 2.71. The van der Waals surface area contributed by atoms with Crippen LogP contribution < -0.4 is 0 Å². The number of hydrogen-bond donors (Lipinski definition) is 4. The Balaban J connectivity index is 1.81. The van der Waals surface area contributed by atoms with Gasteiger partial charge in [-0.25, -0.2) is 0 Å². The second-order valence-electron chi connectivity index (χ2n) is 7.89. The van der Waals surface area contributed by atoms with E-state index < -0.39 is 0 Å².